The molecular weight excluding hydrogens is 266 g/mol. The number of hydrogen-bond donors (Lipinski definition) is 2. The summed E-state index contributed by atoms with van der Waals surface area (Å²) in [5.74, 6) is 0.979. The van der Waals surface area contributed by atoms with Crippen LogP contribution in [0.1, 0.15) is 39.5 Å². The maximum absolute atomic E-state index is 12.2. The molecule has 0 aromatic heterocycles. The van der Waals surface area contributed by atoms with E-state index < -0.39 is 0 Å². The van der Waals surface area contributed by atoms with Crippen molar-refractivity contribution >= 4 is 6.03 Å². The molecule has 5 heteroatoms. The summed E-state index contributed by atoms with van der Waals surface area (Å²) in [6, 6.07) is 0.868. The molecule has 2 aliphatic rings. The number of nitrogens with one attached hydrogen (secondary N) is 1. The maximum Gasteiger partial charge on any atom is 0.317 e. The molecule has 0 spiro atoms. The summed E-state index contributed by atoms with van der Waals surface area (Å²) in [5.41, 5.74) is 0. The van der Waals surface area contributed by atoms with Crippen LogP contribution >= 0.6 is 0 Å². The second kappa shape index (κ2) is 7.99. The van der Waals surface area contributed by atoms with Gasteiger partial charge in [-0.1, -0.05) is 13.8 Å². The van der Waals surface area contributed by atoms with Crippen LogP contribution in [0.4, 0.5) is 4.79 Å². The molecule has 1 saturated heterocycles. The molecule has 2 rings (SSSR count). The van der Waals surface area contributed by atoms with Crippen molar-refractivity contribution in [3.8, 4) is 0 Å². The molecular formula is C16H31N3O2. The first-order chi connectivity index (χ1) is 10.1. The molecule has 0 aromatic carbocycles. The predicted molar refractivity (Wildman–Crippen MR) is 84.2 cm³/mol. The number of rotatable bonds is 7. The van der Waals surface area contributed by atoms with Crippen LogP contribution in [0.2, 0.25) is 0 Å². The maximum atomic E-state index is 12.2. The van der Waals surface area contributed by atoms with Gasteiger partial charge in [0.1, 0.15) is 0 Å². The van der Waals surface area contributed by atoms with Gasteiger partial charge in [-0.25, -0.2) is 4.79 Å². The van der Waals surface area contributed by atoms with E-state index in [1.807, 2.05) is 4.90 Å². The smallest absolute Gasteiger partial charge is 0.317 e. The SMILES string of the molecule is CC(C)CC(CCO)CNC(=O)N1CCN(C2CC2)CC1. The van der Waals surface area contributed by atoms with Crippen LogP contribution in [0.15, 0.2) is 0 Å². The van der Waals surface area contributed by atoms with Gasteiger partial charge in [-0.05, 0) is 37.5 Å². The van der Waals surface area contributed by atoms with Gasteiger partial charge in [-0.15, -0.1) is 0 Å². The van der Waals surface area contributed by atoms with Crippen LogP contribution < -0.4 is 5.32 Å². The van der Waals surface area contributed by atoms with Crippen molar-refractivity contribution < 1.29 is 9.90 Å². The molecule has 1 heterocycles. The van der Waals surface area contributed by atoms with Gasteiger partial charge >= 0.3 is 6.03 Å². The summed E-state index contributed by atoms with van der Waals surface area (Å²) >= 11 is 0. The summed E-state index contributed by atoms with van der Waals surface area (Å²) < 4.78 is 0. The van der Waals surface area contributed by atoms with Crippen molar-refractivity contribution in [2.75, 3.05) is 39.3 Å². The molecule has 0 radical (unpaired) electrons. The third-order valence-corrected chi connectivity index (χ3v) is 4.55. The molecule has 1 aliphatic carbocycles. The highest BCUT2D eigenvalue weighted by molar-refractivity contribution is 5.74. The largest absolute Gasteiger partial charge is 0.396 e. The molecule has 0 aromatic rings. The van der Waals surface area contributed by atoms with Gasteiger partial charge in [0, 0.05) is 45.4 Å². The van der Waals surface area contributed by atoms with E-state index in [0.717, 1.165) is 45.1 Å². The number of carbonyl (C=O) groups excluding carboxylic acids is 1. The third-order valence-electron chi connectivity index (χ3n) is 4.55. The van der Waals surface area contributed by atoms with Crippen molar-refractivity contribution in [2.24, 2.45) is 11.8 Å². The molecule has 1 atom stereocenters. The first kappa shape index (κ1) is 16.6. The van der Waals surface area contributed by atoms with Crippen LogP contribution in [0.3, 0.4) is 0 Å². The number of piperazine rings is 1. The molecule has 1 unspecified atom stereocenters. The number of aliphatic hydroxyl groups is 1. The zero-order valence-electron chi connectivity index (χ0n) is 13.6. The van der Waals surface area contributed by atoms with Crippen molar-refractivity contribution in [3.05, 3.63) is 0 Å². The van der Waals surface area contributed by atoms with Gasteiger partial charge in [-0.2, -0.15) is 0 Å². The number of hydrogen-bond acceptors (Lipinski definition) is 3. The van der Waals surface area contributed by atoms with E-state index >= 15 is 0 Å². The van der Waals surface area contributed by atoms with E-state index in [2.05, 4.69) is 24.1 Å². The average Bonchev–Trinajstić information content (AvgIpc) is 3.29. The second-order valence-corrected chi connectivity index (χ2v) is 6.95. The Morgan fingerprint density at radius 1 is 1.24 bits per heavy atom. The first-order valence-electron chi connectivity index (χ1n) is 8.47. The van der Waals surface area contributed by atoms with Crippen molar-refractivity contribution in [2.45, 2.75) is 45.6 Å². The molecule has 0 bridgehead atoms. The third kappa shape index (κ3) is 5.47. The zero-order valence-corrected chi connectivity index (χ0v) is 13.6. The average molecular weight is 297 g/mol. The Kier molecular flexibility index (Phi) is 6.30. The van der Waals surface area contributed by atoms with Gasteiger partial charge in [-0.3, -0.25) is 4.90 Å². The van der Waals surface area contributed by atoms with Crippen LogP contribution in [0, 0.1) is 11.8 Å². The number of nitrogens with zero attached hydrogens (tertiary/aromatic N) is 2. The Morgan fingerprint density at radius 3 is 2.43 bits per heavy atom. The molecule has 122 valence electrons. The molecule has 1 aliphatic heterocycles. The van der Waals surface area contributed by atoms with E-state index in [4.69, 9.17) is 5.11 Å². The quantitative estimate of drug-likeness (QED) is 0.749. The topological polar surface area (TPSA) is 55.8 Å². The minimum absolute atomic E-state index is 0.0668. The number of amides is 2. The lowest BCUT2D eigenvalue weighted by Crippen LogP contribution is -2.52. The second-order valence-electron chi connectivity index (χ2n) is 6.95. The predicted octanol–water partition coefficient (Wildman–Crippen LogP) is 1.52. The van der Waals surface area contributed by atoms with Crippen molar-refractivity contribution in [3.63, 3.8) is 0 Å². The van der Waals surface area contributed by atoms with E-state index in [9.17, 15) is 4.79 Å². The van der Waals surface area contributed by atoms with Gasteiger partial charge in [0.25, 0.3) is 0 Å². The lowest BCUT2D eigenvalue weighted by Gasteiger charge is -2.35. The lowest BCUT2D eigenvalue weighted by molar-refractivity contribution is 0.133. The van der Waals surface area contributed by atoms with Crippen LogP contribution in [0.5, 0.6) is 0 Å². The highest BCUT2D eigenvalue weighted by Crippen LogP contribution is 2.27. The van der Waals surface area contributed by atoms with E-state index in [-0.39, 0.29) is 12.6 Å². The number of aliphatic hydroxyl groups excluding tert-OH is 1. The fourth-order valence-electron chi connectivity index (χ4n) is 3.23. The summed E-state index contributed by atoms with van der Waals surface area (Å²) in [5, 5.41) is 12.2. The Morgan fingerprint density at radius 2 is 1.90 bits per heavy atom. The van der Waals surface area contributed by atoms with Crippen LogP contribution in [-0.2, 0) is 0 Å². The number of urea groups is 1. The Bertz CT molecular complexity index is 323. The first-order valence-corrected chi connectivity index (χ1v) is 8.47. The monoisotopic (exact) mass is 297 g/mol. The normalized spacial score (nSPS) is 21.6. The van der Waals surface area contributed by atoms with E-state index in [1.54, 1.807) is 0 Å². The molecule has 2 N–H and O–H groups in total. The summed E-state index contributed by atoms with van der Waals surface area (Å²) in [6.45, 7) is 8.98. The number of carbonyl (C=O) groups is 1. The Balaban J connectivity index is 1.68. The zero-order chi connectivity index (χ0) is 15.2. The van der Waals surface area contributed by atoms with Gasteiger partial charge < -0.3 is 15.3 Å². The molecule has 2 fully saturated rings. The highest BCUT2D eigenvalue weighted by Gasteiger charge is 2.32. The fraction of sp³-hybridized carbons (Fsp3) is 0.938. The van der Waals surface area contributed by atoms with E-state index in [1.165, 1.54) is 12.8 Å². The standard InChI is InChI=1S/C16H31N3O2/c1-13(2)11-14(5-10-20)12-17-16(21)19-8-6-18(7-9-19)15-3-4-15/h13-15,20H,3-12H2,1-2H3,(H,17,21). The summed E-state index contributed by atoms with van der Waals surface area (Å²) in [6.07, 6.45) is 4.50. The molecule has 21 heavy (non-hydrogen) atoms. The van der Waals surface area contributed by atoms with E-state index in [0.29, 0.717) is 18.4 Å². The van der Waals surface area contributed by atoms with Crippen LogP contribution in [-0.4, -0.2) is 66.3 Å². The van der Waals surface area contributed by atoms with Gasteiger partial charge in [0.15, 0.2) is 0 Å². The molecule has 5 nitrogen and oxygen atoms in total. The van der Waals surface area contributed by atoms with Gasteiger partial charge in [0.05, 0.1) is 0 Å². The summed E-state index contributed by atoms with van der Waals surface area (Å²) in [4.78, 5) is 16.7. The Labute approximate surface area is 128 Å². The lowest BCUT2D eigenvalue weighted by atomic mass is 9.94. The van der Waals surface area contributed by atoms with Crippen LogP contribution in [0.25, 0.3) is 0 Å². The molecule has 2 amide bonds. The summed E-state index contributed by atoms with van der Waals surface area (Å²) in [7, 11) is 0. The minimum atomic E-state index is 0.0668. The van der Waals surface area contributed by atoms with Crippen molar-refractivity contribution in [1.29, 1.82) is 0 Å². The van der Waals surface area contributed by atoms with Gasteiger partial charge in [0.2, 0.25) is 0 Å². The Hall–Kier alpha value is -0.810. The van der Waals surface area contributed by atoms with Crippen molar-refractivity contribution in [1.82, 2.24) is 15.1 Å². The fourth-order valence-corrected chi connectivity index (χ4v) is 3.23. The molecule has 1 saturated carbocycles. The highest BCUT2D eigenvalue weighted by atomic mass is 16.3. The minimum Gasteiger partial charge on any atom is -0.396 e.